The van der Waals surface area contributed by atoms with E-state index in [0.717, 1.165) is 6.92 Å². The molecule has 1 aromatic carbocycles. The lowest BCUT2D eigenvalue weighted by molar-refractivity contribution is -0.135. The van der Waals surface area contributed by atoms with E-state index in [4.69, 9.17) is 5.11 Å². The Morgan fingerprint density at radius 3 is 2.44 bits per heavy atom. The quantitative estimate of drug-likeness (QED) is 0.585. The number of para-hydroxylation sites is 1. The maximum absolute atomic E-state index is 11.4. The average Bonchev–Trinajstić information content (AvgIpc) is 2.16. The fraction of sp³-hybridized carbons (Fsp3) is 0.100. The highest BCUT2D eigenvalue weighted by molar-refractivity contribution is 6.02. The minimum Gasteiger partial charge on any atom is -0.465 e. The van der Waals surface area contributed by atoms with Gasteiger partial charge in [0, 0.05) is 6.92 Å². The summed E-state index contributed by atoms with van der Waals surface area (Å²) in [4.78, 5) is 32.4. The Balaban J connectivity index is 2.98. The highest BCUT2D eigenvalue weighted by atomic mass is 16.6. The first-order valence-corrected chi connectivity index (χ1v) is 4.32. The molecule has 2 N–H and O–H groups in total. The van der Waals surface area contributed by atoms with E-state index in [1.54, 1.807) is 6.07 Å². The summed E-state index contributed by atoms with van der Waals surface area (Å²) in [5.41, 5.74) is 0.0568. The van der Waals surface area contributed by atoms with E-state index in [9.17, 15) is 14.4 Å². The maximum Gasteiger partial charge on any atom is 0.409 e. The van der Waals surface area contributed by atoms with Crippen molar-refractivity contribution in [3.05, 3.63) is 29.8 Å². The van der Waals surface area contributed by atoms with Gasteiger partial charge in [0.25, 0.3) is 0 Å². The second kappa shape index (κ2) is 4.92. The first-order valence-electron chi connectivity index (χ1n) is 4.32. The molecule has 0 heterocycles. The number of hydrogen-bond acceptors (Lipinski definition) is 4. The van der Waals surface area contributed by atoms with Crippen LogP contribution in [0, 0.1) is 0 Å². The van der Waals surface area contributed by atoms with Crippen LogP contribution in [0.1, 0.15) is 17.3 Å². The lowest BCUT2D eigenvalue weighted by Gasteiger charge is -2.06. The molecule has 1 aromatic rings. The molecule has 0 aromatic heterocycles. The second-order valence-corrected chi connectivity index (χ2v) is 2.86. The lowest BCUT2D eigenvalue weighted by Crippen LogP contribution is -2.15. The van der Waals surface area contributed by atoms with Crippen LogP contribution >= 0.6 is 0 Å². The Hall–Kier alpha value is -2.37. The van der Waals surface area contributed by atoms with Crippen molar-refractivity contribution >= 4 is 23.7 Å². The van der Waals surface area contributed by atoms with Crippen molar-refractivity contribution in [2.75, 3.05) is 5.32 Å². The van der Waals surface area contributed by atoms with Gasteiger partial charge in [-0.25, -0.2) is 9.59 Å². The summed E-state index contributed by atoms with van der Waals surface area (Å²) in [5, 5.41) is 10.6. The van der Waals surface area contributed by atoms with Gasteiger partial charge in [0.1, 0.15) is 0 Å². The zero-order valence-electron chi connectivity index (χ0n) is 8.39. The van der Waals surface area contributed by atoms with Gasteiger partial charge in [-0.1, -0.05) is 12.1 Å². The number of esters is 2. The summed E-state index contributed by atoms with van der Waals surface area (Å²) in [6.45, 7) is 1.09. The van der Waals surface area contributed by atoms with Crippen LogP contribution in [0.5, 0.6) is 0 Å². The van der Waals surface area contributed by atoms with Gasteiger partial charge in [-0.05, 0) is 12.1 Å². The van der Waals surface area contributed by atoms with Crippen LogP contribution in [0.25, 0.3) is 0 Å². The number of benzene rings is 1. The van der Waals surface area contributed by atoms with Crippen molar-refractivity contribution in [3.63, 3.8) is 0 Å². The fourth-order valence-corrected chi connectivity index (χ4v) is 1.07. The third-order valence-corrected chi connectivity index (χ3v) is 1.63. The first-order chi connectivity index (χ1) is 7.50. The van der Waals surface area contributed by atoms with E-state index in [-0.39, 0.29) is 11.3 Å². The molecule has 0 aliphatic heterocycles. The molecule has 16 heavy (non-hydrogen) atoms. The zero-order valence-corrected chi connectivity index (χ0v) is 8.39. The smallest absolute Gasteiger partial charge is 0.409 e. The zero-order chi connectivity index (χ0) is 12.1. The molecule has 0 atom stereocenters. The predicted octanol–water partition coefficient (Wildman–Crippen LogP) is 1.48. The molecule has 0 unspecified atom stereocenters. The number of carboxylic acid groups (broad SMARTS) is 1. The standard InChI is InChI=1S/C10H9NO5/c1-6(12)16-9(13)7-4-2-3-5-8(7)11-10(14)15/h2-5,11H,1H3,(H,14,15). The Morgan fingerprint density at radius 2 is 1.88 bits per heavy atom. The number of hydrogen-bond donors (Lipinski definition) is 2. The van der Waals surface area contributed by atoms with Crippen LogP contribution in [0.4, 0.5) is 10.5 Å². The first kappa shape index (κ1) is 11.7. The molecular weight excluding hydrogens is 214 g/mol. The molecule has 0 bridgehead atoms. The summed E-state index contributed by atoms with van der Waals surface area (Å²) in [7, 11) is 0. The summed E-state index contributed by atoms with van der Waals surface area (Å²) in [6, 6.07) is 5.83. The normalized spacial score (nSPS) is 9.31. The van der Waals surface area contributed by atoms with E-state index in [1.807, 2.05) is 5.32 Å². The van der Waals surface area contributed by atoms with Gasteiger partial charge in [-0.2, -0.15) is 0 Å². The number of amides is 1. The molecule has 0 radical (unpaired) electrons. The lowest BCUT2D eigenvalue weighted by atomic mass is 10.2. The van der Waals surface area contributed by atoms with Crippen molar-refractivity contribution < 1.29 is 24.2 Å². The maximum atomic E-state index is 11.4. The van der Waals surface area contributed by atoms with Gasteiger partial charge in [-0.15, -0.1) is 0 Å². The topological polar surface area (TPSA) is 92.7 Å². The number of rotatable bonds is 2. The van der Waals surface area contributed by atoms with E-state index >= 15 is 0 Å². The Kier molecular flexibility index (Phi) is 3.60. The number of carbonyl (C=O) groups excluding carboxylic acids is 2. The van der Waals surface area contributed by atoms with Crippen molar-refractivity contribution in [2.24, 2.45) is 0 Å². The van der Waals surface area contributed by atoms with Crippen LogP contribution in [0.3, 0.4) is 0 Å². The number of carbonyl (C=O) groups is 3. The average molecular weight is 223 g/mol. The molecule has 0 fully saturated rings. The SMILES string of the molecule is CC(=O)OC(=O)c1ccccc1NC(=O)O. The molecule has 0 saturated heterocycles. The minimum atomic E-state index is -1.30. The van der Waals surface area contributed by atoms with E-state index in [0.29, 0.717) is 0 Å². The number of ether oxygens (including phenoxy) is 1. The molecule has 1 rings (SSSR count). The molecule has 1 amide bonds. The Labute approximate surface area is 90.8 Å². The molecule has 6 heteroatoms. The molecular formula is C10H9NO5. The summed E-state index contributed by atoms with van der Waals surface area (Å²) in [5.74, 6) is -1.65. The van der Waals surface area contributed by atoms with E-state index < -0.39 is 18.0 Å². The highest BCUT2D eigenvalue weighted by Crippen LogP contribution is 2.16. The summed E-state index contributed by atoms with van der Waals surface area (Å²) < 4.78 is 4.35. The van der Waals surface area contributed by atoms with Crippen LogP contribution in [0.2, 0.25) is 0 Å². The van der Waals surface area contributed by atoms with E-state index in [2.05, 4.69) is 4.74 Å². The van der Waals surface area contributed by atoms with Gasteiger partial charge in [0.2, 0.25) is 0 Å². The highest BCUT2D eigenvalue weighted by Gasteiger charge is 2.15. The molecule has 0 saturated carbocycles. The fourth-order valence-electron chi connectivity index (χ4n) is 1.07. The molecule has 84 valence electrons. The third-order valence-electron chi connectivity index (χ3n) is 1.63. The molecule has 0 aliphatic rings. The summed E-state index contributed by atoms with van der Waals surface area (Å²) in [6.07, 6.45) is -1.30. The number of anilines is 1. The van der Waals surface area contributed by atoms with Gasteiger partial charge in [0.15, 0.2) is 0 Å². The van der Waals surface area contributed by atoms with Gasteiger partial charge < -0.3 is 9.84 Å². The van der Waals surface area contributed by atoms with Crippen LogP contribution in [-0.2, 0) is 9.53 Å². The Bertz CT molecular complexity index is 441. The van der Waals surface area contributed by atoms with Gasteiger partial charge in [0.05, 0.1) is 11.3 Å². The van der Waals surface area contributed by atoms with Crippen LogP contribution in [-0.4, -0.2) is 23.1 Å². The monoisotopic (exact) mass is 223 g/mol. The van der Waals surface area contributed by atoms with Crippen molar-refractivity contribution in [3.8, 4) is 0 Å². The summed E-state index contributed by atoms with van der Waals surface area (Å²) >= 11 is 0. The molecule has 0 spiro atoms. The third kappa shape index (κ3) is 3.09. The van der Waals surface area contributed by atoms with Gasteiger partial charge >= 0.3 is 18.0 Å². The number of nitrogens with one attached hydrogen (secondary N) is 1. The van der Waals surface area contributed by atoms with Crippen LogP contribution < -0.4 is 5.32 Å². The predicted molar refractivity (Wildman–Crippen MR) is 54.2 cm³/mol. The van der Waals surface area contributed by atoms with Crippen molar-refractivity contribution in [2.45, 2.75) is 6.92 Å². The molecule has 0 aliphatic carbocycles. The second-order valence-electron chi connectivity index (χ2n) is 2.86. The Morgan fingerprint density at radius 1 is 1.25 bits per heavy atom. The van der Waals surface area contributed by atoms with Gasteiger partial charge in [-0.3, -0.25) is 10.1 Å². The molecule has 6 nitrogen and oxygen atoms in total. The largest absolute Gasteiger partial charge is 0.465 e. The van der Waals surface area contributed by atoms with Crippen molar-refractivity contribution in [1.82, 2.24) is 0 Å². The van der Waals surface area contributed by atoms with Crippen LogP contribution in [0.15, 0.2) is 24.3 Å². The van der Waals surface area contributed by atoms with Crippen molar-refractivity contribution in [1.29, 1.82) is 0 Å². The minimum absolute atomic E-state index is 0.0138. The van der Waals surface area contributed by atoms with E-state index in [1.165, 1.54) is 18.2 Å².